The van der Waals surface area contributed by atoms with Crippen LogP contribution >= 0.6 is 0 Å². The average molecular weight is 231 g/mol. The predicted molar refractivity (Wildman–Crippen MR) is 62.0 cm³/mol. The molecule has 0 radical (unpaired) electrons. The van der Waals surface area contributed by atoms with E-state index in [0.29, 0.717) is 6.54 Å². The third-order valence-corrected chi connectivity index (χ3v) is 2.47. The minimum absolute atomic E-state index is 0.289. The summed E-state index contributed by atoms with van der Waals surface area (Å²) in [6.45, 7) is 4.24. The zero-order valence-corrected chi connectivity index (χ0v) is 9.71. The summed E-state index contributed by atoms with van der Waals surface area (Å²) in [7, 11) is 0. The van der Waals surface area contributed by atoms with Crippen LogP contribution in [0.5, 0.6) is 0 Å². The fourth-order valence-corrected chi connectivity index (χ4v) is 1.69. The van der Waals surface area contributed by atoms with E-state index in [4.69, 9.17) is 5.11 Å². The van der Waals surface area contributed by atoms with E-state index in [1.54, 1.807) is 22.9 Å². The van der Waals surface area contributed by atoms with Crippen molar-refractivity contribution >= 4 is 5.97 Å². The fraction of sp³-hybridized carbons (Fsp3) is 0.250. The van der Waals surface area contributed by atoms with Crippen LogP contribution in [-0.2, 0) is 6.54 Å². The van der Waals surface area contributed by atoms with E-state index < -0.39 is 5.97 Å². The van der Waals surface area contributed by atoms with E-state index >= 15 is 0 Å². The first-order valence-corrected chi connectivity index (χ1v) is 5.26. The molecule has 0 fully saturated rings. The van der Waals surface area contributed by atoms with Crippen molar-refractivity contribution in [3.63, 3.8) is 0 Å². The maximum Gasteiger partial charge on any atom is 0.335 e. The largest absolute Gasteiger partial charge is 0.478 e. The monoisotopic (exact) mass is 231 g/mol. The quantitative estimate of drug-likeness (QED) is 0.871. The van der Waals surface area contributed by atoms with Crippen LogP contribution in [0.15, 0.2) is 24.3 Å². The molecule has 0 amide bonds. The zero-order chi connectivity index (χ0) is 12.4. The minimum Gasteiger partial charge on any atom is -0.478 e. The summed E-state index contributed by atoms with van der Waals surface area (Å²) in [5.41, 5.74) is 1.19. The van der Waals surface area contributed by atoms with Gasteiger partial charge in [-0.05, 0) is 31.5 Å². The van der Waals surface area contributed by atoms with Crippen molar-refractivity contribution in [2.24, 2.45) is 0 Å². The van der Waals surface area contributed by atoms with Crippen LogP contribution in [0.25, 0.3) is 0 Å². The third-order valence-electron chi connectivity index (χ3n) is 2.47. The molecule has 1 heterocycles. The van der Waals surface area contributed by atoms with Crippen molar-refractivity contribution in [1.29, 1.82) is 0 Å². The highest BCUT2D eigenvalue weighted by atomic mass is 16.4. The van der Waals surface area contributed by atoms with Crippen LogP contribution in [0.1, 0.15) is 27.6 Å². The number of hydrogen-bond acceptors (Lipinski definition) is 3. The molecule has 0 aliphatic rings. The topological polar surface area (TPSA) is 68.0 Å². The molecule has 5 nitrogen and oxygen atoms in total. The van der Waals surface area contributed by atoms with E-state index in [1.807, 2.05) is 19.9 Å². The number of carboxylic acids is 1. The molecule has 0 atom stereocenters. The number of aromatic carboxylic acids is 1. The van der Waals surface area contributed by atoms with Crippen LogP contribution in [0, 0.1) is 13.8 Å². The lowest BCUT2D eigenvalue weighted by molar-refractivity contribution is 0.0696. The Morgan fingerprint density at radius 1 is 1.41 bits per heavy atom. The summed E-state index contributed by atoms with van der Waals surface area (Å²) in [5, 5.41) is 13.1. The predicted octanol–water partition coefficient (Wildman–Crippen LogP) is 1.64. The van der Waals surface area contributed by atoms with Gasteiger partial charge in [-0.3, -0.25) is 0 Å². The summed E-state index contributed by atoms with van der Waals surface area (Å²) in [4.78, 5) is 15.0. The first-order chi connectivity index (χ1) is 8.06. The maximum absolute atomic E-state index is 10.8. The Labute approximate surface area is 98.7 Å². The van der Waals surface area contributed by atoms with Crippen molar-refractivity contribution in [3.8, 4) is 0 Å². The molecule has 0 saturated carbocycles. The normalized spacial score (nSPS) is 10.5. The first-order valence-electron chi connectivity index (χ1n) is 5.26. The smallest absolute Gasteiger partial charge is 0.335 e. The molecule has 17 heavy (non-hydrogen) atoms. The molecule has 1 N–H and O–H groups in total. The highest BCUT2D eigenvalue weighted by Gasteiger charge is 2.06. The van der Waals surface area contributed by atoms with Gasteiger partial charge in [-0.25, -0.2) is 14.5 Å². The second-order valence-electron chi connectivity index (χ2n) is 3.87. The lowest BCUT2D eigenvalue weighted by Crippen LogP contribution is -2.05. The van der Waals surface area contributed by atoms with Gasteiger partial charge in [0.05, 0.1) is 12.1 Å². The van der Waals surface area contributed by atoms with Crippen LogP contribution in [-0.4, -0.2) is 25.8 Å². The van der Waals surface area contributed by atoms with Crippen LogP contribution < -0.4 is 0 Å². The number of aromatic nitrogens is 3. The van der Waals surface area contributed by atoms with Crippen LogP contribution in [0.3, 0.4) is 0 Å². The molecular weight excluding hydrogens is 218 g/mol. The molecule has 0 unspecified atom stereocenters. The van der Waals surface area contributed by atoms with E-state index in [1.165, 1.54) is 0 Å². The summed E-state index contributed by atoms with van der Waals surface area (Å²) in [6, 6.07) is 6.84. The lowest BCUT2D eigenvalue weighted by Gasteiger charge is -2.04. The molecule has 1 aromatic carbocycles. The van der Waals surface area contributed by atoms with Gasteiger partial charge in [0.15, 0.2) is 0 Å². The fourth-order valence-electron chi connectivity index (χ4n) is 1.69. The number of carbonyl (C=O) groups is 1. The van der Waals surface area contributed by atoms with Crippen molar-refractivity contribution in [2.75, 3.05) is 0 Å². The van der Waals surface area contributed by atoms with Gasteiger partial charge < -0.3 is 5.11 Å². The van der Waals surface area contributed by atoms with E-state index in [9.17, 15) is 4.79 Å². The molecule has 1 aromatic heterocycles. The number of rotatable bonds is 3. The van der Waals surface area contributed by atoms with E-state index in [0.717, 1.165) is 17.2 Å². The number of aryl methyl sites for hydroxylation is 2. The number of benzene rings is 1. The highest BCUT2D eigenvalue weighted by molar-refractivity contribution is 5.87. The van der Waals surface area contributed by atoms with E-state index in [-0.39, 0.29) is 5.56 Å². The van der Waals surface area contributed by atoms with Gasteiger partial charge in [-0.15, -0.1) is 0 Å². The van der Waals surface area contributed by atoms with Crippen LogP contribution in [0.4, 0.5) is 0 Å². The highest BCUT2D eigenvalue weighted by Crippen LogP contribution is 2.08. The first kappa shape index (κ1) is 11.3. The van der Waals surface area contributed by atoms with Gasteiger partial charge in [-0.1, -0.05) is 12.1 Å². The molecule has 5 heteroatoms. The summed E-state index contributed by atoms with van der Waals surface area (Å²) in [6.07, 6.45) is 0. The average Bonchev–Trinajstić information content (AvgIpc) is 2.58. The molecule has 0 bridgehead atoms. The van der Waals surface area contributed by atoms with Crippen molar-refractivity contribution in [2.45, 2.75) is 20.4 Å². The molecule has 2 rings (SSSR count). The van der Waals surface area contributed by atoms with Crippen LogP contribution in [0.2, 0.25) is 0 Å². The summed E-state index contributed by atoms with van der Waals surface area (Å²) < 4.78 is 1.76. The van der Waals surface area contributed by atoms with Gasteiger partial charge in [0.2, 0.25) is 0 Å². The molecule has 0 aliphatic heterocycles. The summed E-state index contributed by atoms with van der Waals surface area (Å²) in [5.74, 6) is 0.624. The van der Waals surface area contributed by atoms with Crippen molar-refractivity contribution < 1.29 is 9.90 Å². The second-order valence-corrected chi connectivity index (χ2v) is 3.87. The number of hydrogen-bond donors (Lipinski definition) is 1. The Morgan fingerprint density at radius 2 is 2.18 bits per heavy atom. The number of carboxylic acid groups (broad SMARTS) is 1. The molecule has 0 spiro atoms. The molecular formula is C12H13N3O2. The summed E-state index contributed by atoms with van der Waals surface area (Å²) >= 11 is 0. The van der Waals surface area contributed by atoms with Gasteiger partial charge in [0.25, 0.3) is 0 Å². The van der Waals surface area contributed by atoms with E-state index in [2.05, 4.69) is 10.1 Å². The van der Waals surface area contributed by atoms with Crippen molar-refractivity contribution in [3.05, 3.63) is 47.0 Å². The SMILES string of the molecule is Cc1nc(C)n(Cc2cccc(C(=O)O)c2)n1. The Bertz CT molecular complexity index is 561. The standard InChI is InChI=1S/C12H13N3O2/c1-8-13-9(2)15(14-8)7-10-4-3-5-11(6-10)12(16)17/h3-6H,7H2,1-2H3,(H,16,17). The Morgan fingerprint density at radius 3 is 2.76 bits per heavy atom. The Balaban J connectivity index is 2.27. The second kappa shape index (κ2) is 4.37. The molecule has 0 saturated heterocycles. The number of nitrogens with zero attached hydrogens (tertiary/aromatic N) is 3. The Hall–Kier alpha value is -2.17. The minimum atomic E-state index is -0.918. The van der Waals surface area contributed by atoms with Gasteiger partial charge >= 0.3 is 5.97 Å². The van der Waals surface area contributed by atoms with Crippen molar-refractivity contribution in [1.82, 2.24) is 14.8 Å². The molecule has 0 aliphatic carbocycles. The maximum atomic E-state index is 10.8. The molecule has 2 aromatic rings. The Kier molecular flexibility index (Phi) is 2.91. The zero-order valence-electron chi connectivity index (χ0n) is 9.71. The lowest BCUT2D eigenvalue weighted by atomic mass is 10.1. The van der Waals surface area contributed by atoms with Gasteiger partial charge in [0, 0.05) is 0 Å². The van der Waals surface area contributed by atoms with Gasteiger partial charge in [0.1, 0.15) is 11.6 Å². The van der Waals surface area contributed by atoms with Gasteiger partial charge in [-0.2, -0.15) is 5.10 Å². The molecule has 88 valence electrons. The third kappa shape index (κ3) is 2.50.